The Bertz CT molecular complexity index is 1320. The van der Waals surface area contributed by atoms with Gasteiger partial charge < -0.3 is 10.6 Å². The summed E-state index contributed by atoms with van der Waals surface area (Å²) in [4.78, 5) is 16.7. The fourth-order valence-electron chi connectivity index (χ4n) is 2.93. The molecule has 0 aliphatic carbocycles. The lowest BCUT2D eigenvalue weighted by atomic mass is 10.2. The average molecular weight is 471 g/mol. The topological polar surface area (TPSA) is 100 Å². The molecule has 7 nitrogen and oxygen atoms in total. The molecule has 0 atom stereocenters. The maximum Gasteiger partial charge on any atom is 0.261 e. The highest BCUT2D eigenvalue weighted by Crippen LogP contribution is 2.25. The predicted octanol–water partition coefficient (Wildman–Crippen LogP) is 4.08. The number of nitrogens with zero attached hydrogens (tertiary/aromatic N) is 1. The molecule has 0 saturated carbocycles. The first kappa shape index (κ1) is 21.7. The molecule has 0 aliphatic rings. The molecule has 1 aromatic heterocycles. The van der Waals surface area contributed by atoms with E-state index in [9.17, 15) is 17.6 Å². The second-order valence-electron chi connectivity index (χ2n) is 6.78. The molecule has 32 heavy (non-hydrogen) atoms. The molecule has 0 fully saturated rings. The number of carbonyl (C=O) groups excluding carboxylic acids is 1. The van der Waals surface area contributed by atoms with E-state index in [1.807, 2.05) is 24.3 Å². The number of carbonyl (C=O) groups is 1. The van der Waals surface area contributed by atoms with Crippen LogP contribution in [0.1, 0.15) is 10.4 Å². The molecule has 3 N–H and O–H groups in total. The Hall–Kier alpha value is -3.50. The van der Waals surface area contributed by atoms with E-state index in [-0.39, 0.29) is 16.5 Å². The first-order chi connectivity index (χ1) is 15.4. The van der Waals surface area contributed by atoms with Gasteiger partial charge in [0.05, 0.1) is 20.8 Å². The first-order valence-corrected chi connectivity index (χ1v) is 12.0. The number of nitrogens with one attached hydrogen (secondary N) is 3. The summed E-state index contributed by atoms with van der Waals surface area (Å²) >= 11 is 1.54. The number of para-hydroxylation sites is 2. The fourth-order valence-corrected chi connectivity index (χ4v) is 4.89. The smallest absolute Gasteiger partial charge is 0.261 e. The molecule has 0 unspecified atom stereocenters. The second-order valence-corrected chi connectivity index (χ2v) is 9.49. The Labute approximate surface area is 188 Å². The number of benzene rings is 3. The highest BCUT2D eigenvalue weighted by Gasteiger charge is 2.17. The monoisotopic (exact) mass is 470 g/mol. The molecule has 0 bridgehead atoms. The van der Waals surface area contributed by atoms with Crippen LogP contribution in [0.2, 0.25) is 0 Å². The van der Waals surface area contributed by atoms with E-state index in [2.05, 4.69) is 20.3 Å². The molecule has 10 heteroatoms. The van der Waals surface area contributed by atoms with Gasteiger partial charge in [0.1, 0.15) is 5.82 Å². The Morgan fingerprint density at radius 1 is 0.938 bits per heavy atom. The van der Waals surface area contributed by atoms with Crippen LogP contribution in [-0.4, -0.2) is 32.4 Å². The van der Waals surface area contributed by atoms with E-state index >= 15 is 0 Å². The number of sulfonamides is 1. The highest BCUT2D eigenvalue weighted by molar-refractivity contribution is 7.92. The molecule has 164 valence electrons. The van der Waals surface area contributed by atoms with Gasteiger partial charge in [-0.05, 0) is 48.5 Å². The second kappa shape index (κ2) is 9.33. The van der Waals surface area contributed by atoms with Gasteiger partial charge in [-0.15, -0.1) is 0 Å². The van der Waals surface area contributed by atoms with Crippen molar-refractivity contribution < 1.29 is 17.6 Å². The van der Waals surface area contributed by atoms with Gasteiger partial charge in [-0.2, -0.15) is 0 Å². The number of halogens is 1. The maximum atomic E-state index is 13.7. The molecule has 1 heterocycles. The summed E-state index contributed by atoms with van der Waals surface area (Å²) < 4.78 is 41.9. The van der Waals surface area contributed by atoms with E-state index < -0.39 is 15.8 Å². The molecule has 0 radical (unpaired) electrons. The summed E-state index contributed by atoms with van der Waals surface area (Å²) in [6.45, 7) is 0.855. The number of anilines is 2. The third-order valence-electron chi connectivity index (χ3n) is 4.53. The Balaban J connectivity index is 1.31. The number of thiazole rings is 1. The summed E-state index contributed by atoms with van der Waals surface area (Å²) in [5, 5.41) is 6.72. The number of aromatic nitrogens is 1. The van der Waals surface area contributed by atoms with Crippen molar-refractivity contribution in [3.8, 4) is 0 Å². The lowest BCUT2D eigenvalue weighted by Gasteiger charge is -2.10. The van der Waals surface area contributed by atoms with Crippen LogP contribution in [0.25, 0.3) is 10.2 Å². The Morgan fingerprint density at radius 2 is 1.66 bits per heavy atom. The van der Waals surface area contributed by atoms with Gasteiger partial charge in [0.2, 0.25) is 0 Å². The zero-order valence-corrected chi connectivity index (χ0v) is 18.3. The highest BCUT2D eigenvalue weighted by atomic mass is 32.2. The minimum absolute atomic E-state index is 0.0743. The summed E-state index contributed by atoms with van der Waals surface area (Å²) in [5.74, 6) is -1.01. The first-order valence-electron chi connectivity index (χ1n) is 9.67. The average Bonchev–Trinajstić information content (AvgIpc) is 3.21. The van der Waals surface area contributed by atoms with Crippen molar-refractivity contribution in [2.24, 2.45) is 0 Å². The molecular formula is C22H19FN4O3S2. The van der Waals surface area contributed by atoms with Gasteiger partial charge in [-0.3, -0.25) is 9.52 Å². The van der Waals surface area contributed by atoms with E-state index in [0.29, 0.717) is 18.7 Å². The van der Waals surface area contributed by atoms with E-state index in [1.165, 1.54) is 53.8 Å². The third kappa shape index (κ3) is 5.04. The molecular weight excluding hydrogens is 451 g/mol. The number of hydrogen-bond acceptors (Lipinski definition) is 6. The van der Waals surface area contributed by atoms with Crippen LogP contribution < -0.4 is 15.4 Å². The summed E-state index contributed by atoms with van der Waals surface area (Å²) in [6, 6.07) is 18.7. The maximum absolute atomic E-state index is 13.7. The standard InChI is InChI=1S/C22H19FN4O3S2/c23-17-5-1-2-6-18(17)27-32(29,30)16-11-9-15(10-12-16)21(28)24-13-14-25-22-26-19-7-3-4-8-20(19)31-22/h1-12,27H,13-14H2,(H,24,28)(H,25,26). The third-order valence-corrected chi connectivity index (χ3v) is 6.90. The molecule has 0 aliphatic heterocycles. The molecule has 0 spiro atoms. The van der Waals surface area contributed by atoms with E-state index in [0.717, 1.165) is 21.4 Å². The Morgan fingerprint density at radius 3 is 2.41 bits per heavy atom. The van der Waals surface area contributed by atoms with Crippen LogP contribution in [-0.2, 0) is 10.0 Å². The van der Waals surface area contributed by atoms with Crippen molar-refractivity contribution in [1.29, 1.82) is 0 Å². The summed E-state index contributed by atoms with van der Waals surface area (Å²) in [7, 11) is -3.98. The number of amides is 1. The van der Waals surface area contributed by atoms with Crippen molar-refractivity contribution >= 4 is 48.3 Å². The molecule has 1 amide bonds. The van der Waals surface area contributed by atoms with E-state index in [4.69, 9.17) is 0 Å². The quantitative estimate of drug-likeness (QED) is 0.337. The minimum Gasteiger partial charge on any atom is -0.360 e. The lowest BCUT2D eigenvalue weighted by Crippen LogP contribution is -2.28. The molecule has 3 aromatic carbocycles. The van der Waals surface area contributed by atoms with Crippen molar-refractivity contribution in [1.82, 2.24) is 10.3 Å². The van der Waals surface area contributed by atoms with Gasteiger partial charge in [-0.25, -0.2) is 17.8 Å². The predicted molar refractivity (Wildman–Crippen MR) is 124 cm³/mol. The van der Waals surface area contributed by atoms with Gasteiger partial charge in [0.25, 0.3) is 15.9 Å². The number of fused-ring (bicyclic) bond motifs is 1. The summed E-state index contributed by atoms with van der Waals surface area (Å²) in [6.07, 6.45) is 0. The summed E-state index contributed by atoms with van der Waals surface area (Å²) in [5.41, 5.74) is 1.09. The van der Waals surface area contributed by atoms with Crippen LogP contribution in [0.5, 0.6) is 0 Å². The van der Waals surface area contributed by atoms with Crippen LogP contribution >= 0.6 is 11.3 Å². The SMILES string of the molecule is O=C(NCCNc1nc2ccccc2s1)c1ccc(S(=O)(=O)Nc2ccccc2F)cc1. The van der Waals surface area contributed by atoms with Gasteiger partial charge >= 0.3 is 0 Å². The largest absolute Gasteiger partial charge is 0.360 e. The van der Waals surface area contributed by atoms with Gasteiger partial charge in [-0.1, -0.05) is 35.6 Å². The lowest BCUT2D eigenvalue weighted by molar-refractivity contribution is 0.0955. The van der Waals surface area contributed by atoms with Gasteiger partial charge in [0.15, 0.2) is 5.13 Å². The van der Waals surface area contributed by atoms with Crippen LogP contribution in [0.4, 0.5) is 15.2 Å². The van der Waals surface area contributed by atoms with Crippen molar-refractivity contribution in [2.75, 3.05) is 23.1 Å². The van der Waals surface area contributed by atoms with E-state index in [1.54, 1.807) is 0 Å². The Kier molecular flexibility index (Phi) is 6.33. The molecule has 4 aromatic rings. The van der Waals surface area contributed by atoms with Crippen LogP contribution in [0, 0.1) is 5.82 Å². The fraction of sp³-hybridized carbons (Fsp3) is 0.0909. The van der Waals surface area contributed by atoms with Crippen molar-refractivity contribution in [3.63, 3.8) is 0 Å². The zero-order valence-electron chi connectivity index (χ0n) is 16.7. The number of rotatable bonds is 8. The van der Waals surface area contributed by atoms with Crippen LogP contribution in [0.3, 0.4) is 0 Å². The normalized spacial score (nSPS) is 11.3. The number of hydrogen-bond donors (Lipinski definition) is 3. The molecule has 0 saturated heterocycles. The van der Waals surface area contributed by atoms with Gasteiger partial charge in [0, 0.05) is 18.7 Å². The van der Waals surface area contributed by atoms with Crippen molar-refractivity contribution in [3.05, 3.63) is 84.2 Å². The minimum atomic E-state index is -3.98. The van der Waals surface area contributed by atoms with Crippen molar-refractivity contribution in [2.45, 2.75) is 4.90 Å². The molecule has 4 rings (SSSR count). The zero-order chi connectivity index (χ0) is 22.6. The van der Waals surface area contributed by atoms with Crippen LogP contribution in [0.15, 0.2) is 77.7 Å².